The lowest BCUT2D eigenvalue weighted by atomic mass is 10.0. The molecule has 1 amide bonds. The Morgan fingerprint density at radius 3 is 1.51 bits per heavy atom. The smallest absolute Gasteiger partial charge is 0.416 e. The van der Waals surface area contributed by atoms with E-state index in [0.717, 1.165) is 56.2 Å². The normalized spacial score (nSPS) is 16.9. The van der Waals surface area contributed by atoms with Gasteiger partial charge in [-0.1, -0.05) is 44.0 Å². The fourth-order valence-electron chi connectivity index (χ4n) is 6.98. The first-order chi connectivity index (χ1) is 27.1. The summed E-state index contributed by atoms with van der Waals surface area (Å²) in [5, 5.41) is 3.08. The molecule has 2 atom stereocenters. The van der Waals surface area contributed by atoms with Crippen LogP contribution >= 0.6 is 31.9 Å². The molecule has 59 heavy (non-hydrogen) atoms. The van der Waals surface area contributed by atoms with Crippen molar-refractivity contribution in [2.24, 2.45) is 0 Å². The molecule has 0 spiro atoms. The zero-order valence-electron chi connectivity index (χ0n) is 31.4. The number of halogens is 14. The lowest BCUT2D eigenvalue weighted by Gasteiger charge is -2.32. The van der Waals surface area contributed by atoms with Crippen molar-refractivity contribution in [3.63, 3.8) is 0 Å². The number of hydrogen-bond acceptors (Lipinski definition) is 3. The molecule has 6 rings (SSSR count). The van der Waals surface area contributed by atoms with E-state index in [1.54, 1.807) is 32.9 Å². The van der Waals surface area contributed by atoms with E-state index in [0.29, 0.717) is 25.0 Å². The molecule has 2 unspecified atom stereocenters. The van der Waals surface area contributed by atoms with Crippen LogP contribution in [0.4, 0.5) is 57.5 Å². The maximum Gasteiger partial charge on any atom is 0.416 e. The molecule has 4 aromatic rings. The third kappa shape index (κ3) is 12.2. The zero-order valence-corrected chi connectivity index (χ0v) is 34.6. The summed E-state index contributed by atoms with van der Waals surface area (Å²) in [4.78, 5) is 14.2. The summed E-state index contributed by atoms with van der Waals surface area (Å²) in [6.07, 6.45) is -17.8. The Labute approximate surface area is 348 Å². The second-order valence-corrected chi connectivity index (χ2v) is 17.0. The van der Waals surface area contributed by atoms with Gasteiger partial charge in [-0.3, -0.25) is 4.90 Å². The van der Waals surface area contributed by atoms with Gasteiger partial charge in [0.2, 0.25) is 0 Å². The molecule has 0 radical (unpaired) electrons. The van der Waals surface area contributed by atoms with Gasteiger partial charge in [-0.25, -0.2) is 4.79 Å². The second kappa shape index (κ2) is 17.3. The number of aryl methyl sites for hydroxylation is 2. The Morgan fingerprint density at radius 2 is 1.05 bits per heavy atom. The molecule has 0 saturated heterocycles. The van der Waals surface area contributed by atoms with Crippen LogP contribution in [0.2, 0.25) is 0 Å². The summed E-state index contributed by atoms with van der Waals surface area (Å²) in [6, 6.07) is 13.6. The highest BCUT2D eigenvalue weighted by molar-refractivity contribution is 9.10. The van der Waals surface area contributed by atoms with Crippen LogP contribution in [0, 0.1) is 0 Å². The van der Waals surface area contributed by atoms with E-state index in [1.165, 1.54) is 4.90 Å². The van der Waals surface area contributed by atoms with Crippen LogP contribution in [0.1, 0.15) is 101 Å². The molecule has 0 aliphatic heterocycles. The number of nitrogens with zero attached hydrogens (tertiary/aromatic N) is 1. The van der Waals surface area contributed by atoms with Crippen LogP contribution in [0.3, 0.4) is 0 Å². The number of fused-ring (bicyclic) bond motifs is 2. The van der Waals surface area contributed by atoms with Gasteiger partial charge in [-0.15, -0.1) is 0 Å². The third-order valence-corrected chi connectivity index (χ3v) is 10.5. The quantitative estimate of drug-likeness (QED) is 0.196. The number of ether oxygens (including phenoxy) is 1. The fourth-order valence-corrected chi connectivity index (χ4v) is 7.79. The highest BCUT2D eigenvalue weighted by Crippen LogP contribution is 2.42. The van der Waals surface area contributed by atoms with Gasteiger partial charge < -0.3 is 10.1 Å². The number of amides is 1. The Kier molecular flexibility index (Phi) is 13.6. The molecule has 18 heteroatoms. The third-order valence-electron chi connectivity index (χ3n) is 9.54. The number of benzene rings is 4. The van der Waals surface area contributed by atoms with E-state index in [4.69, 9.17) is 4.74 Å². The maximum absolute atomic E-state index is 13.3. The fraction of sp³-hybridized carbons (Fsp3) is 0.390. The average molecular weight is 977 g/mol. The van der Waals surface area contributed by atoms with Crippen molar-refractivity contribution in [2.45, 2.75) is 102 Å². The van der Waals surface area contributed by atoms with Crippen LogP contribution in [0.25, 0.3) is 0 Å². The highest BCUT2D eigenvalue weighted by Gasteiger charge is 2.40. The van der Waals surface area contributed by atoms with Gasteiger partial charge >= 0.3 is 30.8 Å². The van der Waals surface area contributed by atoms with Gasteiger partial charge in [0.05, 0.1) is 28.3 Å². The molecule has 0 aromatic heterocycles. The molecule has 2 aliphatic rings. The predicted octanol–water partition coefficient (Wildman–Crippen LogP) is 14.2. The molecule has 0 bridgehead atoms. The summed E-state index contributed by atoms with van der Waals surface area (Å²) in [7, 11) is 0. The van der Waals surface area contributed by atoms with Crippen molar-refractivity contribution >= 4 is 38.0 Å². The Bertz CT molecular complexity index is 2090. The summed E-state index contributed by atoms with van der Waals surface area (Å²) in [5.41, 5.74) is -2.78. The zero-order chi connectivity index (χ0) is 43.9. The van der Waals surface area contributed by atoms with Gasteiger partial charge in [0.25, 0.3) is 0 Å². The first-order valence-corrected chi connectivity index (χ1v) is 19.5. The van der Waals surface area contributed by atoms with Crippen LogP contribution in [0.5, 0.6) is 0 Å². The lowest BCUT2D eigenvalue weighted by Crippen LogP contribution is -2.38. The van der Waals surface area contributed by atoms with Crippen LogP contribution in [-0.4, -0.2) is 16.6 Å². The largest absolute Gasteiger partial charge is 0.444 e. The SMILES string of the molecule is CC(C)(C)OC(=O)N(Cc1cc(C(F)(F)F)cc(C(F)(F)F)c1)C1CCc2cc(Br)ccc21.FC(F)(F)c1cc(CNC2CCc3cc(Br)ccc32)cc(C(F)(F)F)c1. The molecule has 0 fully saturated rings. The lowest BCUT2D eigenvalue weighted by molar-refractivity contribution is -0.144. The number of alkyl halides is 12. The van der Waals surface area contributed by atoms with Crippen molar-refractivity contribution in [1.29, 1.82) is 0 Å². The summed E-state index contributed by atoms with van der Waals surface area (Å²) in [6.45, 7) is 4.35. The maximum atomic E-state index is 13.3. The minimum atomic E-state index is -4.97. The van der Waals surface area contributed by atoms with Crippen LogP contribution in [-0.2, 0) is 55.4 Å². The Balaban J connectivity index is 0.000000230. The van der Waals surface area contributed by atoms with Crippen LogP contribution in [0.15, 0.2) is 81.7 Å². The number of hydrogen-bond donors (Lipinski definition) is 1. The van der Waals surface area contributed by atoms with E-state index >= 15 is 0 Å². The van der Waals surface area contributed by atoms with Crippen molar-refractivity contribution < 1.29 is 62.2 Å². The van der Waals surface area contributed by atoms with E-state index < -0.39 is 71.2 Å². The van der Waals surface area contributed by atoms with Gasteiger partial charge in [-0.05, 0) is 140 Å². The minimum Gasteiger partial charge on any atom is -0.444 e. The molecule has 4 aromatic carbocycles. The molecule has 0 saturated carbocycles. The predicted molar refractivity (Wildman–Crippen MR) is 202 cm³/mol. The monoisotopic (exact) mass is 974 g/mol. The summed E-state index contributed by atoms with van der Waals surface area (Å²) < 4.78 is 165. The molecule has 320 valence electrons. The van der Waals surface area contributed by atoms with E-state index in [2.05, 4.69) is 37.2 Å². The standard InChI is InChI=1S/C23H22BrF6NO2.C18H14BrF6N/c1-21(2,3)33-20(32)31(19-7-4-14-10-17(24)5-6-18(14)19)12-13-8-15(22(25,26)27)11-16(9-13)23(28,29)30;19-14-2-3-15-11(7-14)1-4-16(15)26-9-10-5-12(17(20,21)22)8-13(6-10)18(23,24)25/h5-6,8-11,19H,4,7,12H2,1-3H3;2-3,5-8,16,26H,1,4,9H2. The van der Waals surface area contributed by atoms with Crippen molar-refractivity contribution in [2.75, 3.05) is 0 Å². The molecule has 4 nitrogen and oxygen atoms in total. The molecule has 0 heterocycles. The Hall–Kier alpha value is -3.77. The van der Waals surface area contributed by atoms with Crippen molar-refractivity contribution in [1.82, 2.24) is 10.2 Å². The first kappa shape index (κ1) is 46.3. The molecular formula is C41H36Br2F12N2O2. The molecular weight excluding hydrogens is 940 g/mol. The van der Waals surface area contributed by atoms with E-state index in [9.17, 15) is 57.5 Å². The van der Waals surface area contributed by atoms with Gasteiger partial charge in [0.1, 0.15) is 5.60 Å². The Morgan fingerprint density at radius 1 is 0.627 bits per heavy atom. The molecule has 1 N–H and O–H groups in total. The second-order valence-electron chi connectivity index (χ2n) is 15.1. The van der Waals surface area contributed by atoms with Gasteiger partial charge in [0, 0.05) is 28.1 Å². The van der Waals surface area contributed by atoms with Crippen LogP contribution < -0.4 is 5.32 Å². The van der Waals surface area contributed by atoms with Gasteiger partial charge in [0.15, 0.2) is 0 Å². The topological polar surface area (TPSA) is 41.6 Å². The summed E-state index contributed by atoms with van der Waals surface area (Å²) in [5.74, 6) is 0. The van der Waals surface area contributed by atoms with E-state index in [1.807, 2.05) is 24.3 Å². The number of nitrogens with one attached hydrogen (secondary N) is 1. The number of carbonyl (C=O) groups is 1. The highest BCUT2D eigenvalue weighted by atomic mass is 79.9. The number of carbonyl (C=O) groups excluding carboxylic acids is 1. The van der Waals surface area contributed by atoms with Gasteiger partial charge in [-0.2, -0.15) is 52.7 Å². The average Bonchev–Trinajstić information content (AvgIpc) is 3.70. The number of rotatable bonds is 6. The van der Waals surface area contributed by atoms with Crippen molar-refractivity contribution in [3.05, 3.63) is 137 Å². The summed E-state index contributed by atoms with van der Waals surface area (Å²) >= 11 is 6.76. The molecule has 2 aliphatic carbocycles. The first-order valence-electron chi connectivity index (χ1n) is 17.9. The minimum absolute atomic E-state index is 0.0438. The van der Waals surface area contributed by atoms with E-state index in [-0.39, 0.29) is 35.8 Å². The van der Waals surface area contributed by atoms with Crippen molar-refractivity contribution in [3.8, 4) is 0 Å².